The molecule has 0 spiro atoms. The Bertz CT molecular complexity index is 1010. The number of aromatic amines is 1. The van der Waals surface area contributed by atoms with Gasteiger partial charge in [-0.1, -0.05) is 23.7 Å². The van der Waals surface area contributed by atoms with E-state index in [2.05, 4.69) is 31.3 Å². The van der Waals surface area contributed by atoms with E-state index in [1.807, 2.05) is 43.4 Å². The van der Waals surface area contributed by atoms with Crippen molar-refractivity contribution in [2.24, 2.45) is 4.99 Å². The molecule has 0 unspecified atom stereocenters. The summed E-state index contributed by atoms with van der Waals surface area (Å²) >= 11 is 6.15. The number of fused-ring (bicyclic) bond motifs is 1. The van der Waals surface area contributed by atoms with Crippen LogP contribution in [0.3, 0.4) is 0 Å². The van der Waals surface area contributed by atoms with Gasteiger partial charge < -0.3 is 25.2 Å². The van der Waals surface area contributed by atoms with Gasteiger partial charge in [-0.2, -0.15) is 0 Å². The second kappa shape index (κ2) is 10.3. The van der Waals surface area contributed by atoms with Crippen LogP contribution in [0.25, 0.3) is 10.9 Å². The fourth-order valence-corrected chi connectivity index (χ4v) is 4.06. The van der Waals surface area contributed by atoms with Crippen LogP contribution in [0.5, 0.6) is 5.75 Å². The van der Waals surface area contributed by atoms with E-state index < -0.39 is 0 Å². The van der Waals surface area contributed by atoms with Gasteiger partial charge in [0.05, 0.1) is 5.69 Å². The maximum Gasteiger partial charge on any atom is 0.193 e. The summed E-state index contributed by atoms with van der Waals surface area (Å²) in [6, 6.07) is 13.4. The highest BCUT2D eigenvalue weighted by Gasteiger charge is 2.21. The number of phenols is 1. The minimum Gasteiger partial charge on any atom is -0.506 e. The molecule has 0 bridgehead atoms. The van der Waals surface area contributed by atoms with Crippen molar-refractivity contribution in [1.82, 2.24) is 15.2 Å². The number of phenolic OH excluding ortho intramolecular Hbond substituents is 1. The molecule has 0 radical (unpaired) electrons. The molecule has 3 N–H and O–H groups in total. The number of aromatic hydroxyl groups is 1. The van der Waals surface area contributed by atoms with Crippen LogP contribution in [0.1, 0.15) is 5.56 Å². The lowest BCUT2D eigenvalue weighted by Crippen LogP contribution is -2.52. The molecular formula is C22H27ClIN5O. The Morgan fingerprint density at radius 1 is 1.17 bits per heavy atom. The topological polar surface area (TPSA) is 66.9 Å². The average Bonchev–Trinajstić information content (AvgIpc) is 3.14. The van der Waals surface area contributed by atoms with Crippen LogP contribution in [0, 0.1) is 0 Å². The Hall–Kier alpha value is -2.13. The van der Waals surface area contributed by atoms with E-state index >= 15 is 0 Å². The molecule has 160 valence electrons. The zero-order valence-corrected chi connectivity index (χ0v) is 20.0. The maximum atomic E-state index is 10.1. The van der Waals surface area contributed by atoms with Crippen LogP contribution < -0.4 is 10.2 Å². The minimum atomic E-state index is 0. The molecule has 8 heteroatoms. The van der Waals surface area contributed by atoms with E-state index in [-0.39, 0.29) is 24.0 Å². The second-order valence-electron chi connectivity index (χ2n) is 7.19. The van der Waals surface area contributed by atoms with Crippen molar-refractivity contribution >= 4 is 58.1 Å². The molecule has 1 saturated heterocycles. The molecule has 1 aliphatic heterocycles. The summed E-state index contributed by atoms with van der Waals surface area (Å²) in [6.45, 7) is 4.21. The molecule has 1 aromatic heterocycles. The summed E-state index contributed by atoms with van der Waals surface area (Å²) in [5.41, 5.74) is 3.25. The number of halogens is 2. The molecule has 1 fully saturated rings. The quantitative estimate of drug-likeness (QED) is 0.266. The first kappa shape index (κ1) is 22.6. The number of H-pyrrole nitrogens is 1. The SMILES string of the molecule is CN=C(NCCc1c[nH]c2ccc(Cl)cc12)N1CCN(c2ccccc2O)CC1.I. The predicted octanol–water partition coefficient (Wildman–Crippen LogP) is 4.09. The summed E-state index contributed by atoms with van der Waals surface area (Å²) < 4.78 is 0. The smallest absolute Gasteiger partial charge is 0.193 e. The first-order valence-electron chi connectivity index (χ1n) is 9.90. The summed E-state index contributed by atoms with van der Waals surface area (Å²) in [4.78, 5) is 12.2. The van der Waals surface area contributed by atoms with Crippen molar-refractivity contribution < 1.29 is 5.11 Å². The lowest BCUT2D eigenvalue weighted by molar-refractivity contribution is 0.370. The van der Waals surface area contributed by atoms with Crippen LogP contribution in [0.2, 0.25) is 5.02 Å². The minimum absolute atomic E-state index is 0. The third-order valence-corrected chi connectivity index (χ3v) is 5.66. The summed E-state index contributed by atoms with van der Waals surface area (Å²) in [5.74, 6) is 1.25. The molecule has 6 nitrogen and oxygen atoms in total. The number of para-hydroxylation sites is 2. The maximum absolute atomic E-state index is 10.1. The third-order valence-electron chi connectivity index (χ3n) is 5.42. The Labute approximate surface area is 198 Å². The highest BCUT2D eigenvalue weighted by molar-refractivity contribution is 14.0. The number of hydrogen-bond donors (Lipinski definition) is 3. The monoisotopic (exact) mass is 539 g/mol. The molecule has 0 saturated carbocycles. The standard InChI is InChI=1S/C22H26ClN5O.HI/c1-24-22(25-9-8-16-15-26-19-7-6-17(23)14-18(16)19)28-12-10-27(11-13-28)20-4-2-3-5-21(20)29;/h2-7,14-15,26,29H,8-13H2,1H3,(H,24,25);1H. The summed E-state index contributed by atoms with van der Waals surface area (Å²) in [6.07, 6.45) is 2.94. The van der Waals surface area contributed by atoms with Crippen molar-refractivity contribution in [1.29, 1.82) is 0 Å². The fourth-order valence-electron chi connectivity index (χ4n) is 3.89. The zero-order chi connectivity index (χ0) is 20.2. The molecule has 0 amide bonds. The lowest BCUT2D eigenvalue weighted by Gasteiger charge is -2.37. The molecule has 0 atom stereocenters. The van der Waals surface area contributed by atoms with Crippen molar-refractivity contribution in [3.8, 4) is 5.75 Å². The van der Waals surface area contributed by atoms with Crippen LogP contribution >= 0.6 is 35.6 Å². The van der Waals surface area contributed by atoms with E-state index in [9.17, 15) is 5.11 Å². The van der Waals surface area contributed by atoms with Gasteiger partial charge in [-0.05, 0) is 42.3 Å². The van der Waals surface area contributed by atoms with Gasteiger partial charge in [0.2, 0.25) is 0 Å². The van der Waals surface area contributed by atoms with Crippen molar-refractivity contribution in [2.75, 3.05) is 44.7 Å². The van der Waals surface area contributed by atoms with Gasteiger partial charge in [-0.25, -0.2) is 0 Å². The van der Waals surface area contributed by atoms with E-state index in [4.69, 9.17) is 11.6 Å². The molecule has 30 heavy (non-hydrogen) atoms. The molecule has 0 aliphatic carbocycles. The summed E-state index contributed by atoms with van der Waals surface area (Å²) in [5, 5.41) is 15.5. The Balaban J connectivity index is 0.00000256. The average molecular weight is 540 g/mol. The highest BCUT2D eigenvalue weighted by atomic mass is 127. The van der Waals surface area contributed by atoms with E-state index in [0.717, 1.165) is 61.3 Å². The van der Waals surface area contributed by atoms with Gasteiger partial charge in [0, 0.05) is 61.9 Å². The largest absolute Gasteiger partial charge is 0.506 e. The van der Waals surface area contributed by atoms with Gasteiger partial charge >= 0.3 is 0 Å². The van der Waals surface area contributed by atoms with Crippen LogP contribution in [-0.4, -0.2) is 60.7 Å². The molecule has 2 heterocycles. The Morgan fingerprint density at radius 2 is 1.93 bits per heavy atom. The van der Waals surface area contributed by atoms with Crippen LogP contribution in [0.15, 0.2) is 53.7 Å². The van der Waals surface area contributed by atoms with Crippen LogP contribution in [-0.2, 0) is 6.42 Å². The number of guanidine groups is 1. The van der Waals surface area contributed by atoms with Crippen molar-refractivity contribution in [2.45, 2.75) is 6.42 Å². The number of benzene rings is 2. The zero-order valence-electron chi connectivity index (χ0n) is 16.9. The van der Waals surface area contributed by atoms with E-state index in [1.165, 1.54) is 10.9 Å². The number of nitrogens with zero attached hydrogens (tertiary/aromatic N) is 3. The van der Waals surface area contributed by atoms with E-state index in [1.54, 1.807) is 6.07 Å². The second-order valence-corrected chi connectivity index (χ2v) is 7.63. The van der Waals surface area contributed by atoms with Gasteiger partial charge in [0.15, 0.2) is 5.96 Å². The predicted molar refractivity (Wildman–Crippen MR) is 136 cm³/mol. The molecule has 2 aromatic carbocycles. The van der Waals surface area contributed by atoms with Crippen molar-refractivity contribution in [3.05, 3.63) is 59.2 Å². The molecule has 4 rings (SSSR count). The highest BCUT2D eigenvalue weighted by Crippen LogP contribution is 2.27. The number of nitrogens with one attached hydrogen (secondary N) is 2. The fraction of sp³-hybridized carbons (Fsp3) is 0.318. The number of aromatic nitrogens is 1. The van der Waals surface area contributed by atoms with Gasteiger partial charge in [0.25, 0.3) is 0 Å². The Morgan fingerprint density at radius 3 is 2.67 bits per heavy atom. The van der Waals surface area contributed by atoms with Gasteiger partial charge in [-0.15, -0.1) is 24.0 Å². The van der Waals surface area contributed by atoms with Crippen molar-refractivity contribution in [3.63, 3.8) is 0 Å². The normalized spacial score (nSPS) is 14.7. The summed E-state index contributed by atoms with van der Waals surface area (Å²) in [7, 11) is 1.82. The third kappa shape index (κ3) is 4.95. The lowest BCUT2D eigenvalue weighted by atomic mass is 10.1. The Kier molecular flexibility index (Phi) is 7.71. The number of rotatable bonds is 4. The number of aliphatic imine (C=N–C) groups is 1. The molecular weight excluding hydrogens is 513 g/mol. The number of anilines is 1. The first-order valence-corrected chi connectivity index (χ1v) is 10.3. The van der Waals surface area contributed by atoms with Gasteiger partial charge in [0.1, 0.15) is 5.75 Å². The van der Waals surface area contributed by atoms with Crippen LogP contribution in [0.4, 0.5) is 5.69 Å². The number of hydrogen-bond acceptors (Lipinski definition) is 3. The molecule has 3 aromatic rings. The first-order chi connectivity index (χ1) is 14.2. The number of piperazine rings is 1. The van der Waals surface area contributed by atoms with E-state index in [0.29, 0.717) is 5.75 Å². The molecule has 1 aliphatic rings. The van der Waals surface area contributed by atoms with Gasteiger partial charge in [-0.3, -0.25) is 4.99 Å².